The highest BCUT2D eigenvalue weighted by atomic mass is 15.4. The summed E-state index contributed by atoms with van der Waals surface area (Å²) in [6.07, 6.45) is 1.81. The molecule has 0 N–H and O–H groups in total. The number of allylic oxidation sites excluding steroid dienone is 1. The Bertz CT molecular complexity index is 161. The van der Waals surface area contributed by atoms with Gasteiger partial charge in [-0.1, -0.05) is 27.4 Å². The number of hydrogen-bond donors (Lipinski definition) is 0. The van der Waals surface area contributed by atoms with E-state index in [1.165, 1.54) is 0 Å². The van der Waals surface area contributed by atoms with Crippen molar-refractivity contribution in [3.8, 4) is 0 Å². The van der Waals surface area contributed by atoms with Crippen molar-refractivity contribution in [2.75, 3.05) is 14.1 Å². The van der Waals surface area contributed by atoms with Crippen LogP contribution in [-0.4, -0.2) is 24.8 Å². The van der Waals surface area contributed by atoms with E-state index >= 15 is 0 Å². The van der Waals surface area contributed by atoms with Crippen LogP contribution in [0.3, 0.4) is 0 Å². The molecule has 0 aromatic carbocycles. The van der Waals surface area contributed by atoms with Gasteiger partial charge in [0.25, 0.3) is 0 Å². The summed E-state index contributed by atoms with van der Waals surface area (Å²) in [5.41, 5.74) is 1.11. The van der Waals surface area contributed by atoms with Crippen molar-refractivity contribution in [3.05, 3.63) is 12.7 Å². The SMILES string of the molecule is C=C/C(=N\N(C)C)C(C)(C)C. The zero-order chi connectivity index (χ0) is 9.07. The van der Waals surface area contributed by atoms with Crippen LogP contribution in [0.1, 0.15) is 20.8 Å². The lowest BCUT2D eigenvalue weighted by atomic mass is 9.90. The monoisotopic (exact) mass is 154 g/mol. The molecule has 0 aromatic heterocycles. The maximum atomic E-state index is 4.30. The Morgan fingerprint density at radius 3 is 1.91 bits per heavy atom. The minimum Gasteiger partial charge on any atom is -0.303 e. The van der Waals surface area contributed by atoms with E-state index in [1.807, 2.05) is 14.1 Å². The van der Waals surface area contributed by atoms with Gasteiger partial charge in [-0.15, -0.1) is 0 Å². The van der Waals surface area contributed by atoms with Gasteiger partial charge in [-0.2, -0.15) is 5.10 Å². The Morgan fingerprint density at radius 1 is 1.36 bits per heavy atom. The zero-order valence-electron chi connectivity index (χ0n) is 8.18. The molecule has 0 heterocycles. The van der Waals surface area contributed by atoms with Crippen molar-refractivity contribution >= 4 is 5.71 Å². The van der Waals surface area contributed by atoms with Gasteiger partial charge in [0.05, 0.1) is 5.71 Å². The predicted molar refractivity (Wildman–Crippen MR) is 50.8 cm³/mol. The fraction of sp³-hybridized carbons (Fsp3) is 0.667. The van der Waals surface area contributed by atoms with Crippen LogP contribution in [-0.2, 0) is 0 Å². The Labute approximate surface area is 69.6 Å². The minimum atomic E-state index is 0.0893. The van der Waals surface area contributed by atoms with Crippen LogP contribution in [0.4, 0.5) is 0 Å². The van der Waals surface area contributed by atoms with E-state index in [1.54, 1.807) is 11.1 Å². The second kappa shape index (κ2) is 3.56. The molecule has 2 nitrogen and oxygen atoms in total. The zero-order valence-corrected chi connectivity index (χ0v) is 8.18. The van der Waals surface area contributed by atoms with Crippen molar-refractivity contribution in [1.82, 2.24) is 5.01 Å². The fourth-order valence-electron chi connectivity index (χ4n) is 0.712. The lowest BCUT2D eigenvalue weighted by Crippen LogP contribution is -2.21. The van der Waals surface area contributed by atoms with Crippen LogP contribution >= 0.6 is 0 Å². The molecule has 0 radical (unpaired) electrons. The average Bonchev–Trinajstić information content (AvgIpc) is 1.79. The van der Waals surface area contributed by atoms with E-state index < -0.39 is 0 Å². The Balaban J connectivity index is 4.54. The summed E-state index contributed by atoms with van der Waals surface area (Å²) >= 11 is 0. The van der Waals surface area contributed by atoms with E-state index in [-0.39, 0.29) is 5.41 Å². The molecule has 0 saturated carbocycles. The van der Waals surface area contributed by atoms with Crippen molar-refractivity contribution < 1.29 is 0 Å². The molecule has 2 heteroatoms. The van der Waals surface area contributed by atoms with Crippen LogP contribution in [0, 0.1) is 5.41 Å². The van der Waals surface area contributed by atoms with Gasteiger partial charge >= 0.3 is 0 Å². The molecule has 11 heavy (non-hydrogen) atoms. The lowest BCUT2D eigenvalue weighted by Gasteiger charge is -2.20. The lowest BCUT2D eigenvalue weighted by molar-refractivity contribution is 0.426. The van der Waals surface area contributed by atoms with Crippen LogP contribution < -0.4 is 0 Å². The molecule has 0 aliphatic carbocycles. The number of nitrogens with zero attached hydrogens (tertiary/aromatic N) is 2. The molecule has 0 spiro atoms. The van der Waals surface area contributed by atoms with Crippen molar-refractivity contribution in [2.24, 2.45) is 10.5 Å². The molecule has 0 amide bonds. The second-order valence-electron chi connectivity index (χ2n) is 3.79. The molecule has 0 unspecified atom stereocenters. The normalized spacial score (nSPS) is 13.0. The molecule has 64 valence electrons. The van der Waals surface area contributed by atoms with E-state index in [2.05, 4.69) is 32.5 Å². The third kappa shape index (κ3) is 3.81. The highest BCUT2D eigenvalue weighted by molar-refractivity contribution is 5.98. The Morgan fingerprint density at radius 2 is 1.82 bits per heavy atom. The molecule has 0 saturated heterocycles. The van der Waals surface area contributed by atoms with Crippen LogP contribution in [0.15, 0.2) is 17.8 Å². The second-order valence-corrected chi connectivity index (χ2v) is 3.79. The molecule has 0 fully saturated rings. The van der Waals surface area contributed by atoms with Gasteiger partial charge in [0.2, 0.25) is 0 Å². The standard InChI is InChI=1S/C9H18N2/c1-7-8(9(2,3)4)10-11(5)6/h7H,1H2,2-6H3/b10-8+. The van der Waals surface area contributed by atoms with Crippen LogP contribution in [0.25, 0.3) is 0 Å². The van der Waals surface area contributed by atoms with Gasteiger partial charge in [-0.05, 0) is 6.08 Å². The van der Waals surface area contributed by atoms with E-state index in [0.717, 1.165) is 5.71 Å². The van der Waals surface area contributed by atoms with Gasteiger partial charge in [0.1, 0.15) is 0 Å². The first-order valence-corrected chi connectivity index (χ1v) is 3.76. The summed E-state index contributed by atoms with van der Waals surface area (Å²) in [4.78, 5) is 0. The summed E-state index contributed by atoms with van der Waals surface area (Å²) in [5, 5.41) is 6.09. The Hall–Kier alpha value is -0.790. The molecule has 0 rings (SSSR count). The topological polar surface area (TPSA) is 15.6 Å². The van der Waals surface area contributed by atoms with Crippen molar-refractivity contribution in [3.63, 3.8) is 0 Å². The molecular formula is C9H18N2. The first-order valence-electron chi connectivity index (χ1n) is 3.76. The van der Waals surface area contributed by atoms with E-state index in [4.69, 9.17) is 0 Å². The van der Waals surface area contributed by atoms with Gasteiger partial charge in [0.15, 0.2) is 0 Å². The first-order chi connectivity index (χ1) is 4.88. The largest absolute Gasteiger partial charge is 0.303 e. The average molecular weight is 154 g/mol. The molecular weight excluding hydrogens is 136 g/mol. The number of hydrazone groups is 1. The van der Waals surface area contributed by atoms with Crippen LogP contribution in [0.5, 0.6) is 0 Å². The smallest absolute Gasteiger partial charge is 0.0652 e. The Kier molecular flexibility index (Phi) is 3.30. The summed E-state index contributed by atoms with van der Waals surface area (Å²) in [5.74, 6) is 0. The minimum absolute atomic E-state index is 0.0893. The van der Waals surface area contributed by atoms with Gasteiger partial charge in [-0.3, -0.25) is 0 Å². The first kappa shape index (κ1) is 10.2. The van der Waals surface area contributed by atoms with E-state index in [9.17, 15) is 0 Å². The molecule has 0 aliphatic rings. The quantitative estimate of drug-likeness (QED) is 0.439. The van der Waals surface area contributed by atoms with Crippen LogP contribution in [0.2, 0.25) is 0 Å². The predicted octanol–water partition coefficient (Wildman–Crippen LogP) is 2.14. The number of hydrogen-bond acceptors (Lipinski definition) is 2. The summed E-state index contributed by atoms with van der Waals surface area (Å²) < 4.78 is 0. The van der Waals surface area contributed by atoms with Gasteiger partial charge < -0.3 is 5.01 Å². The highest BCUT2D eigenvalue weighted by Gasteiger charge is 2.15. The number of rotatable bonds is 2. The van der Waals surface area contributed by atoms with Crippen molar-refractivity contribution in [2.45, 2.75) is 20.8 Å². The van der Waals surface area contributed by atoms with Crippen molar-refractivity contribution in [1.29, 1.82) is 0 Å². The fourth-order valence-corrected chi connectivity index (χ4v) is 0.712. The third-order valence-electron chi connectivity index (χ3n) is 1.27. The molecule has 0 aromatic rings. The summed E-state index contributed by atoms with van der Waals surface area (Å²) in [6, 6.07) is 0. The molecule has 0 atom stereocenters. The van der Waals surface area contributed by atoms with E-state index in [0.29, 0.717) is 0 Å². The van der Waals surface area contributed by atoms with Gasteiger partial charge in [0, 0.05) is 19.5 Å². The highest BCUT2D eigenvalue weighted by Crippen LogP contribution is 2.16. The van der Waals surface area contributed by atoms with Gasteiger partial charge in [-0.25, -0.2) is 0 Å². The summed E-state index contributed by atoms with van der Waals surface area (Å²) in [6.45, 7) is 10.1. The maximum Gasteiger partial charge on any atom is 0.0652 e. The molecule has 0 aliphatic heterocycles. The third-order valence-corrected chi connectivity index (χ3v) is 1.27. The maximum absolute atomic E-state index is 4.30. The summed E-state index contributed by atoms with van der Waals surface area (Å²) in [7, 11) is 3.82. The molecule has 0 bridgehead atoms.